The van der Waals surface area contributed by atoms with E-state index in [2.05, 4.69) is 9.97 Å². The van der Waals surface area contributed by atoms with E-state index in [1.807, 2.05) is 0 Å². The molecular weight excluding hydrogens is 424 g/mol. The van der Waals surface area contributed by atoms with Crippen LogP contribution in [0.3, 0.4) is 0 Å². The van der Waals surface area contributed by atoms with Crippen LogP contribution >= 0.6 is 11.8 Å². The highest BCUT2D eigenvalue weighted by Gasteiger charge is 2.75. The molecule has 1 aliphatic rings. The molecule has 1 saturated heterocycles. The Labute approximate surface area is 182 Å². The van der Waals surface area contributed by atoms with Gasteiger partial charge in [-0.15, -0.1) is 11.8 Å². The van der Waals surface area contributed by atoms with Gasteiger partial charge in [0.15, 0.2) is 34.0 Å². The number of hydrogen-bond donors (Lipinski definition) is 3. The van der Waals surface area contributed by atoms with E-state index >= 15 is 0 Å². The molecule has 3 N–H and O–H groups in total. The number of aromatic nitrogens is 2. The van der Waals surface area contributed by atoms with Crippen molar-refractivity contribution in [2.75, 3.05) is 5.75 Å². The van der Waals surface area contributed by atoms with Crippen LogP contribution in [0.5, 0.6) is 5.75 Å². The van der Waals surface area contributed by atoms with Gasteiger partial charge in [-0.1, -0.05) is 6.07 Å². The maximum absolute atomic E-state index is 12.5. The molecule has 2 aromatic rings. The van der Waals surface area contributed by atoms with Gasteiger partial charge in [-0.25, -0.2) is 0 Å². The van der Waals surface area contributed by atoms with Gasteiger partial charge in [-0.3, -0.25) is 24.4 Å². The maximum Gasteiger partial charge on any atom is 0.208 e. The number of hydrogen-bond acceptors (Lipinski definition) is 10. The van der Waals surface area contributed by atoms with Crippen molar-refractivity contribution >= 4 is 29.1 Å². The first-order valence-corrected chi connectivity index (χ1v) is 10.4. The quantitative estimate of drug-likeness (QED) is 0.575. The Hall–Kier alpha value is -2.66. The molecule has 1 fully saturated rings. The van der Waals surface area contributed by atoms with Crippen molar-refractivity contribution in [2.24, 2.45) is 0 Å². The molecule has 3 heterocycles. The number of thioether (sulfide) groups is 1. The van der Waals surface area contributed by atoms with Crippen LogP contribution in [0.25, 0.3) is 11.1 Å². The summed E-state index contributed by atoms with van der Waals surface area (Å²) in [4.78, 5) is 45.3. The molecule has 9 nitrogen and oxygen atoms in total. The van der Waals surface area contributed by atoms with Gasteiger partial charge in [0.05, 0.1) is 6.20 Å². The number of carbonyl (C=O) groups excluding carboxylic acids is 3. The molecule has 0 aromatic carbocycles. The SMILES string of the molecule is CC(=O)[C@]1(O)[C@@](O)(C(C)=O)CS[C@H](Oc2cncc(-c3cccnc3)c2)[C@@]1(O)C(C)=O. The van der Waals surface area contributed by atoms with E-state index in [0.29, 0.717) is 5.56 Å². The standard InChI is InChI=1S/C21H22N2O7S/c1-12(24)19(27)11-31-18(20(28,13(2)25)21(19,29)14(3)26)30-17-7-16(9-23-10-17)15-5-4-6-22-8-15/h4-10,18,27-29H,11H2,1-3H3/t18-,19-,20-,21-/m0/s1. The summed E-state index contributed by atoms with van der Waals surface area (Å²) in [5, 5.41) is 33.4. The number of pyridine rings is 2. The van der Waals surface area contributed by atoms with Crippen molar-refractivity contribution in [3.8, 4) is 16.9 Å². The van der Waals surface area contributed by atoms with Gasteiger partial charge in [0.25, 0.3) is 0 Å². The van der Waals surface area contributed by atoms with Gasteiger partial charge in [0.2, 0.25) is 5.60 Å². The fourth-order valence-corrected chi connectivity index (χ4v) is 5.22. The molecule has 2 aromatic heterocycles. The highest BCUT2D eigenvalue weighted by Crippen LogP contribution is 2.49. The third-order valence-electron chi connectivity index (χ3n) is 5.51. The van der Waals surface area contributed by atoms with Crippen LogP contribution in [0.15, 0.2) is 43.0 Å². The Bertz CT molecular complexity index is 1030. The van der Waals surface area contributed by atoms with E-state index in [9.17, 15) is 29.7 Å². The highest BCUT2D eigenvalue weighted by molar-refractivity contribution is 8.00. The van der Waals surface area contributed by atoms with Crippen molar-refractivity contribution in [1.29, 1.82) is 0 Å². The molecule has 0 radical (unpaired) electrons. The predicted octanol–water partition coefficient (Wildman–Crippen LogP) is 0.556. The third-order valence-corrected chi connectivity index (χ3v) is 6.84. The number of carbonyl (C=O) groups is 3. The Morgan fingerprint density at radius 3 is 2.23 bits per heavy atom. The van der Waals surface area contributed by atoms with Crippen LogP contribution in [-0.4, -0.2) is 70.6 Å². The number of Topliss-reactive ketones (excluding diaryl/α,β-unsaturated/α-hetero) is 3. The molecule has 0 unspecified atom stereocenters. The Balaban J connectivity index is 2.06. The lowest BCUT2D eigenvalue weighted by molar-refractivity contribution is -0.236. The second-order valence-electron chi connectivity index (χ2n) is 7.42. The minimum absolute atomic E-state index is 0.137. The molecule has 0 aliphatic carbocycles. The molecule has 1 aliphatic heterocycles. The van der Waals surface area contributed by atoms with E-state index in [0.717, 1.165) is 38.1 Å². The summed E-state index contributed by atoms with van der Waals surface area (Å²) in [5.41, 5.74) is -8.83. The van der Waals surface area contributed by atoms with Crippen LogP contribution < -0.4 is 4.74 Å². The molecule has 164 valence electrons. The van der Waals surface area contributed by atoms with Crippen molar-refractivity contribution in [3.63, 3.8) is 0 Å². The van der Waals surface area contributed by atoms with Crippen LogP contribution in [0, 0.1) is 0 Å². The lowest BCUT2D eigenvalue weighted by atomic mass is 9.65. The lowest BCUT2D eigenvalue weighted by Crippen LogP contribution is -2.82. The van der Waals surface area contributed by atoms with E-state index in [1.54, 1.807) is 36.8 Å². The van der Waals surface area contributed by atoms with E-state index in [4.69, 9.17) is 4.74 Å². The van der Waals surface area contributed by atoms with Gasteiger partial charge < -0.3 is 20.1 Å². The Kier molecular flexibility index (Phi) is 6.03. The predicted molar refractivity (Wildman–Crippen MR) is 111 cm³/mol. The maximum atomic E-state index is 12.5. The minimum atomic E-state index is -3.11. The normalized spacial score (nSPS) is 30.5. The Morgan fingerprint density at radius 1 is 1.00 bits per heavy atom. The summed E-state index contributed by atoms with van der Waals surface area (Å²) in [5.74, 6) is -3.49. The molecule has 3 rings (SSSR count). The molecule has 10 heteroatoms. The number of ketones is 3. The van der Waals surface area contributed by atoms with Crippen molar-refractivity contribution < 1.29 is 34.4 Å². The van der Waals surface area contributed by atoms with Gasteiger partial charge in [-0.2, -0.15) is 0 Å². The van der Waals surface area contributed by atoms with Crippen LogP contribution in [-0.2, 0) is 14.4 Å². The molecule has 0 amide bonds. The second kappa shape index (κ2) is 8.12. The zero-order valence-corrected chi connectivity index (χ0v) is 17.9. The number of nitrogens with zero attached hydrogens (tertiary/aromatic N) is 2. The summed E-state index contributed by atoms with van der Waals surface area (Å²) in [7, 11) is 0. The summed E-state index contributed by atoms with van der Waals surface area (Å²) < 4.78 is 5.79. The molecular formula is C21H22N2O7S. The topological polar surface area (TPSA) is 147 Å². The van der Waals surface area contributed by atoms with E-state index in [1.165, 1.54) is 6.20 Å². The summed E-state index contributed by atoms with van der Waals surface area (Å²) in [6.07, 6.45) is 6.13. The first-order valence-electron chi connectivity index (χ1n) is 9.32. The van der Waals surface area contributed by atoms with E-state index < -0.39 is 45.3 Å². The van der Waals surface area contributed by atoms with Crippen LogP contribution in [0.1, 0.15) is 20.8 Å². The molecule has 31 heavy (non-hydrogen) atoms. The van der Waals surface area contributed by atoms with Crippen molar-refractivity contribution in [3.05, 3.63) is 43.0 Å². The Morgan fingerprint density at radius 2 is 1.68 bits per heavy atom. The third kappa shape index (κ3) is 3.45. The lowest BCUT2D eigenvalue weighted by Gasteiger charge is -2.54. The average Bonchev–Trinajstić information content (AvgIpc) is 2.74. The molecule has 4 atom stereocenters. The number of rotatable bonds is 6. The molecule has 0 spiro atoms. The fraction of sp³-hybridized carbons (Fsp3) is 0.381. The first-order chi connectivity index (χ1) is 14.5. The van der Waals surface area contributed by atoms with Crippen molar-refractivity contribution in [2.45, 2.75) is 43.0 Å². The van der Waals surface area contributed by atoms with Crippen LogP contribution in [0.2, 0.25) is 0 Å². The van der Waals surface area contributed by atoms with E-state index in [-0.39, 0.29) is 5.75 Å². The molecule has 0 saturated carbocycles. The monoisotopic (exact) mass is 446 g/mol. The number of ether oxygens (including phenoxy) is 1. The minimum Gasteiger partial charge on any atom is -0.474 e. The zero-order chi connectivity index (χ0) is 23.0. The number of aliphatic hydroxyl groups is 3. The average molecular weight is 446 g/mol. The van der Waals surface area contributed by atoms with Gasteiger partial charge in [-0.05, 0) is 32.9 Å². The highest BCUT2D eigenvalue weighted by atomic mass is 32.2. The largest absolute Gasteiger partial charge is 0.474 e. The smallest absolute Gasteiger partial charge is 0.208 e. The van der Waals surface area contributed by atoms with Gasteiger partial charge >= 0.3 is 0 Å². The summed E-state index contributed by atoms with van der Waals surface area (Å²) in [6, 6.07) is 5.13. The first kappa shape index (κ1) is 23.0. The fourth-order valence-electron chi connectivity index (χ4n) is 3.66. The summed E-state index contributed by atoms with van der Waals surface area (Å²) >= 11 is 0.734. The zero-order valence-electron chi connectivity index (χ0n) is 17.1. The van der Waals surface area contributed by atoms with Crippen LogP contribution in [0.4, 0.5) is 0 Å². The van der Waals surface area contributed by atoms with Gasteiger partial charge in [0.1, 0.15) is 5.75 Å². The summed E-state index contributed by atoms with van der Waals surface area (Å²) in [6.45, 7) is 2.80. The van der Waals surface area contributed by atoms with Crippen molar-refractivity contribution in [1.82, 2.24) is 9.97 Å². The molecule has 0 bridgehead atoms. The van der Waals surface area contributed by atoms with Gasteiger partial charge in [0, 0.05) is 35.5 Å². The second-order valence-corrected chi connectivity index (χ2v) is 8.47.